The smallest absolute Gasteiger partial charge is 0.353 e. The lowest BCUT2D eigenvalue weighted by atomic mass is 9.80. The van der Waals surface area contributed by atoms with E-state index < -0.39 is 11.9 Å². The summed E-state index contributed by atoms with van der Waals surface area (Å²) in [5.41, 5.74) is -0.346. The van der Waals surface area contributed by atoms with E-state index >= 15 is 0 Å². The number of hydrogen-bond donors (Lipinski definition) is 0. The predicted molar refractivity (Wildman–Crippen MR) is 92.5 cm³/mol. The Morgan fingerprint density at radius 2 is 1.81 bits per heavy atom. The number of anilines is 1. The highest BCUT2D eigenvalue weighted by atomic mass is 19.4. The maximum atomic E-state index is 13.4. The third-order valence-electron chi connectivity index (χ3n) is 5.63. The van der Waals surface area contributed by atoms with Crippen molar-refractivity contribution in [2.24, 2.45) is 11.8 Å². The Morgan fingerprint density at radius 3 is 2.54 bits per heavy atom. The molecule has 2 aliphatic rings. The molecule has 3 heterocycles. The van der Waals surface area contributed by atoms with E-state index in [-0.39, 0.29) is 11.9 Å². The van der Waals surface area contributed by atoms with Gasteiger partial charge in [0, 0.05) is 36.6 Å². The summed E-state index contributed by atoms with van der Waals surface area (Å²) in [6, 6.07) is 4.65. The topological polar surface area (TPSA) is 41.9 Å². The minimum absolute atomic E-state index is 0.101. The summed E-state index contributed by atoms with van der Waals surface area (Å²) in [6.07, 6.45) is 3.07. The number of hydrogen-bond acceptors (Lipinski definition) is 4. The van der Waals surface area contributed by atoms with Crippen LogP contribution in [0.15, 0.2) is 30.6 Å². The third-order valence-corrected chi connectivity index (χ3v) is 5.63. The van der Waals surface area contributed by atoms with Crippen molar-refractivity contribution >= 4 is 5.82 Å². The van der Waals surface area contributed by atoms with Crippen molar-refractivity contribution in [3.63, 3.8) is 0 Å². The number of rotatable bonds is 2. The van der Waals surface area contributed by atoms with Crippen LogP contribution in [-0.4, -0.2) is 27.5 Å². The predicted octanol–water partition coefficient (Wildman–Crippen LogP) is 4.57. The van der Waals surface area contributed by atoms with Crippen molar-refractivity contribution in [1.29, 1.82) is 0 Å². The second-order valence-corrected chi connectivity index (χ2v) is 7.31. The van der Waals surface area contributed by atoms with Gasteiger partial charge in [0.25, 0.3) is 0 Å². The van der Waals surface area contributed by atoms with Gasteiger partial charge < -0.3 is 4.90 Å². The first kappa shape index (κ1) is 17.2. The van der Waals surface area contributed by atoms with E-state index in [1.165, 1.54) is 18.8 Å². The molecule has 1 saturated carbocycles. The van der Waals surface area contributed by atoms with Crippen LogP contribution in [0.2, 0.25) is 0 Å². The molecule has 1 saturated heterocycles. The number of alkyl halides is 3. The van der Waals surface area contributed by atoms with E-state index in [1.807, 2.05) is 0 Å². The first-order valence-electron chi connectivity index (χ1n) is 9.07. The Balaban J connectivity index is 1.78. The monoisotopic (exact) mass is 362 g/mol. The lowest BCUT2D eigenvalue weighted by Crippen LogP contribution is -2.35. The Morgan fingerprint density at radius 1 is 1.08 bits per heavy atom. The Bertz CT molecular complexity index is 778. The van der Waals surface area contributed by atoms with Crippen LogP contribution in [0.5, 0.6) is 0 Å². The molecular weight excluding hydrogens is 341 g/mol. The van der Waals surface area contributed by atoms with Gasteiger partial charge in [-0.05, 0) is 36.8 Å². The fourth-order valence-electron chi connectivity index (χ4n) is 4.39. The van der Waals surface area contributed by atoms with E-state index in [2.05, 4.69) is 26.8 Å². The number of halogens is 3. The van der Waals surface area contributed by atoms with Gasteiger partial charge in [0.15, 0.2) is 11.5 Å². The molecule has 26 heavy (non-hydrogen) atoms. The van der Waals surface area contributed by atoms with Gasteiger partial charge in [0.2, 0.25) is 0 Å². The molecule has 2 aromatic heterocycles. The summed E-state index contributed by atoms with van der Waals surface area (Å²) < 4.78 is 40.3. The zero-order chi connectivity index (χ0) is 18.3. The summed E-state index contributed by atoms with van der Waals surface area (Å²) in [4.78, 5) is 14.3. The van der Waals surface area contributed by atoms with Crippen LogP contribution in [0.4, 0.5) is 19.0 Å². The Kier molecular flexibility index (Phi) is 4.32. The number of fused-ring (bicyclic) bond motifs is 1. The van der Waals surface area contributed by atoms with Crippen LogP contribution in [0.1, 0.15) is 38.3 Å². The lowest BCUT2D eigenvalue weighted by Gasteiger charge is -2.33. The van der Waals surface area contributed by atoms with Crippen molar-refractivity contribution < 1.29 is 13.2 Å². The summed E-state index contributed by atoms with van der Waals surface area (Å²) in [5, 5.41) is 0. The van der Waals surface area contributed by atoms with Crippen LogP contribution in [0.25, 0.3) is 11.4 Å². The van der Waals surface area contributed by atoms with Gasteiger partial charge in [-0.2, -0.15) is 13.2 Å². The first-order chi connectivity index (χ1) is 12.4. The van der Waals surface area contributed by atoms with Gasteiger partial charge in [0.05, 0.1) is 0 Å². The first-order valence-corrected chi connectivity index (χ1v) is 9.07. The normalized spacial score (nSPS) is 26.0. The van der Waals surface area contributed by atoms with Gasteiger partial charge in [-0.15, -0.1) is 0 Å². The number of nitrogens with zero attached hydrogens (tertiary/aromatic N) is 4. The van der Waals surface area contributed by atoms with Gasteiger partial charge in [-0.1, -0.05) is 19.8 Å². The van der Waals surface area contributed by atoms with Crippen molar-refractivity contribution in [3.05, 3.63) is 36.3 Å². The zero-order valence-electron chi connectivity index (χ0n) is 14.6. The summed E-state index contributed by atoms with van der Waals surface area (Å²) in [6.45, 7) is 2.94. The average Bonchev–Trinajstić information content (AvgIpc) is 2.99. The molecule has 7 heteroatoms. The molecule has 0 amide bonds. The summed E-state index contributed by atoms with van der Waals surface area (Å²) >= 11 is 0. The minimum Gasteiger partial charge on any atom is -0.353 e. The maximum Gasteiger partial charge on any atom is 0.433 e. The second kappa shape index (κ2) is 6.52. The minimum atomic E-state index is -4.50. The van der Waals surface area contributed by atoms with Crippen LogP contribution in [0.3, 0.4) is 0 Å². The SMILES string of the molecule is CC1CN(c2cc(C(F)(F)F)nc(-c3ccncc3)n2)C2CCCCC12. The fourth-order valence-corrected chi connectivity index (χ4v) is 4.39. The van der Waals surface area contributed by atoms with E-state index in [4.69, 9.17) is 0 Å². The zero-order valence-corrected chi connectivity index (χ0v) is 14.6. The van der Waals surface area contributed by atoms with Gasteiger partial charge in [-0.25, -0.2) is 9.97 Å². The molecule has 1 aliphatic carbocycles. The molecule has 3 unspecified atom stereocenters. The van der Waals surface area contributed by atoms with Crippen LogP contribution in [-0.2, 0) is 6.18 Å². The van der Waals surface area contributed by atoms with Crippen molar-refractivity contribution in [2.75, 3.05) is 11.4 Å². The molecule has 2 aromatic rings. The van der Waals surface area contributed by atoms with Crippen LogP contribution < -0.4 is 4.90 Å². The van der Waals surface area contributed by atoms with E-state index in [1.54, 1.807) is 12.1 Å². The Hall–Kier alpha value is -2.18. The highest BCUT2D eigenvalue weighted by Crippen LogP contribution is 2.42. The highest BCUT2D eigenvalue weighted by molar-refractivity contribution is 5.58. The molecule has 1 aliphatic heterocycles. The maximum absolute atomic E-state index is 13.4. The molecule has 138 valence electrons. The second-order valence-electron chi connectivity index (χ2n) is 7.31. The summed E-state index contributed by atoms with van der Waals surface area (Å²) in [7, 11) is 0. The Labute approximate surface area is 150 Å². The molecule has 4 rings (SSSR count). The van der Waals surface area contributed by atoms with E-state index in [0.717, 1.165) is 31.9 Å². The molecule has 0 N–H and O–H groups in total. The van der Waals surface area contributed by atoms with Crippen molar-refractivity contribution in [2.45, 2.75) is 44.8 Å². The van der Waals surface area contributed by atoms with Crippen molar-refractivity contribution in [1.82, 2.24) is 15.0 Å². The quantitative estimate of drug-likeness (QED) is 0.785. The average molecular weight is 362 g/mol. The van der Waals surface area contributed by atoms with Crippen LogP contribution in [0, 0.1) is 11.8 Å². The van der Waals surface area contributed by atoms with Gasteiger partial charge in [-0.3, -0.25) is 4.98 Å². The molecule has 0 aromatic carbocycles. The lowest BCUT2D eigenvalue weighted by molar-refractivity contribution is -0.141. The van der Waals surface area contributed by atoms with E-state index in [9.17, 15) is 13.2 Å². The van der Waals surface area contributed by atoms with Gasteiger partial charge >= 0.3 is 6.18 Å². The molecule has 4 nitrogen and oxygen atoms in total. The molecule has 0 radical (unpaired) electrons. The largest absolute Gasteiger partial charge is 0.433 e. The molecular formula is C19H21F3N4. The third kappa shape index (κ3) is 3.15. The highest BCUT2D eigenvalue weighted by Gasteiger charge is 2.42. The molecule has 0 spiro atoms. The summed E-state index contributed by atoms with van der Waals surface area (Å²) in [5.74, 6) is 1.50. The molecule has 0 bridgehead atoms. The fraction of sp³-hybridized carbons (Fsp3) is 0.526. The van der Waals surface area contributed by atoms with Gasteiger partial charge in [0.1, 0.15) is 5.82 Å². The van der Waals surface area contributed by atoms with Crippen LogP contribution >= 0.6 is 0 Å². The number of pyridine rings is 1. The standard InChI is InChI=1S/C19H21F3N4/c1-12-11-26(15-5-3-2-4-14(12)15)17-10-16(19(20,21)22)24-18(25-17)13-6-8-23-9-7-13/h6-10,12,14-15H,2-5,11H2,1H3. The number of aromatic nitrogens is 3. The van der Waals surface area contributed by atoms with E-state index in [0.29, 0.717) is 23.2 Å². The molecule has 2 fully saturated rings. The molecule has 3 atom stereocenters. The van der Waals surface area contributed by atoms with Crippen molar-refractivity contribution in [3.8, 4) is 11.4 Å².